The number of halogens is 1. The van der Waals surface area contributed by atoms with Crippen LogP contribution in [0.25, 0.3) is 5.65 Å². The van der Waals surface area contributed by atoms with Gasteiger partial charge in [0.2, 0.25) is 0 Å². The Bertz CT molecular complexity index is 632. The van der Waals surface area contributed by atoms with Crippen LogP contribution in [0, 0.1) is 0 Å². The molecule has 0 N–H and O–H groups in total. The minimum Gasteiger partial charge on any atom is -0.353 e. The van der Waals surface area contributed by atoms with E-state index in [1.54, 1.807) is 0 Å². The Balaban J connectivity index is 1.61. The monoisotopic (exact) mass is 304 g/mol. The van der Waals surface area contributed by atoms with Crippen LogP contribution < -0.4 is 4.90 Å². The maximum Gasteiger partial charge on any atom is 0.152 e. The van der Waals surface area contributed by atoms with Crippen molar-refractivity contribution in [2.45, 2.75) is 31.2 Å². The lowest BCUT2D eigenvalue weighted by Gasteiger charge is -2.24. The number of pyridine rings is 1. The average molecular weight is 305 g/mol. The van der Waals surface area contributed by atoms with E-state index in [4.69, 9.17) is 16.6 Å². The number of hydrogen-bond acceptors (Lipinski definition) is 3. The third kappa shape index (κ3) is 2.30. The second kappa shape index (κ2) is 5.50. The fraction of sp³-hybridized carbons (Fsp3) is 0.562. The van der Waals surface area contributed by atoms with Crippen LogP contribution in [0.1, 0.15) is 25.0 Å². The van der Waals surface area contributed by atoms with Crippen molar-refractivity contribution in [2.75, 3.05) is 31.1 Å². The van der Waals surface area contributed by atoms with Crippen LogP contribution in [0.2, 0.25) is 0 Å². The molecule has 2 fully saturated rings. The van der Waals surface area contributed by atoms with Crippen molar-refractivity contribution < 1.29 is 0 Å². The highest BCUT2D eigenvalue weighted by atomic mass is 35.5. The number of likely N-dealkylation sites (tertiary alicyclic amines) is 1. The normalized spacial score (nSPS) is 23.5. The molecule has 112 valence electrons. The maximum absolute atomic E-state index is 6.20. The van der Waals surface area contributed by atoms with E-state index in [1.807, 2.05) is 18.2 Å². The lowest BCUT2D eigenvalue weighted by molar-refractivity contribution is 0.260. The molecule has 5 heteroatoms. The van der Waals surface area contributed by atoms with E-state index in [2.05, 4.69) is 20.4 Å². The smallest absolute Gasteiger partial charge is 0.152 e. The lowest BCUT2D eigenvalue weighted by Crippen LogP contribution is -2.35. The Morgan fingerprint density at radius 3 is 2.86 bits per heavy atom. The lowest BCUT2D eigenvalue weighted by atomic mass is 10.2. The molecule has 0 spiro atoms. The van der Waals surface area contributed by atoms with Crippen molar-refractivity contribution in [2.24, 2.45) is 0 Å². The highest BCUT2D eigenvalue weighted by molar-refractivity contribution is 6.17. The highest BCUT2D eigenvalue weighted by Gasteiger charge is 2.31. The Morgan fingerprint density at radius 1 is 1.19 bits per heavy atom. The van der Waals surface area contributed by atoms with E-state index in [-0.39, 0.29) is 0 Å². The minimum absolute atomic E-state index is 0.505. The third-order valence-electron chi connectivity index (χ3n) is 4.85. The zero-order chi connectivity index (χ0) is 14.2. The van der Waals surface area contributed by atoms with E-state index < -0.39 is 0 Å². The molecular weight excluding hydrogens is 284 g/mol. The van der Waals surface area contributed by atoms with Crippen molar-refractivity contribution in [1.29, 1.82) is 0 Å². The minimum atomic E-state index is 0.505. The van der Waals surface area contributed by atoms with Gasteiger partial charge in [-0.2, -0.15) is 0 Å². The number of fused-ring (bicyclic) bond motifs is 1. The molecule has 2 saturated heterocycles. The molecule has 2 aliphatic rings. The van der Waals surface area contributed by atoms with Gasteiger partial charge in [-0.3, -0.25) is 4.90 Å². The largest absolute Gasteiger partial charge is 0.353 e. The van der Waals surface area contributed by atoms with E-state index in [0.29, 0.717) is 11.9 Å². The van der Waals surface area contributed by atoms with Crippen molar-refractivity contribution in [3.63, 3.8) is 0 Å². The second-order valence-electron chi connectivity index (χ2n) is 6.08. The SMILES string of the molecule is ClCc1c(N2CCC(N3CCCC3)C2)nc2ccccn12. The van der Waals surface area contributed by atoms with Crippen LogP contribution in [-0.2, 0) is 5.88 Å². The topological polar surface area (TPSA) is 23.8 Å². The van der Waals surface area contributed by atoms with Gasteiger partial charge in [0.05, 0.1) is 11.6 Å². The summed E-state index contributed by atoms with van der Waals surface area (Å²) < 4.78 is 2.12. The van der Waals surface area contributed by atoms with Crippen LogP contribution in [0.4, 0.5) is 5.82 Å². The first-order valence-corrected chi connectivity index (χ1v) is 8.41. The number of hydrogen-bond donors (Lipinski definition) is 0. The molecule has 2 aliphatic heterocycles. The number of alkyl halides is 1. The first-order valence-electron chi connectivity index (χ1n) is 7.88. The van der Waals surface area contributed by atoms with Crippen LogP contribution in [0.5, 0.6) is 0 Å². The van der Waals surface area contributed by atoms with Gasteiger partial charge in [-0.1, -0.05) is 6.07 Å². The van der Waals surface area contributed by atoms with Crippen molar-refractivity contribution in [3.05, 3.63) is 30.1 Å². The van der Waals surface area contributed by atoms with Gasteiger partial charge < -0.3 is 9.30 Å². The van der Waals surface area contributed by atoms with E-state index in [9.17, 15) is 0 Å². The number of aromatic nitrogens is 2. The summed E-state index contributed by atoms with van der Waals surface area (Å²) in [6, 6.07) is 6.81. The summed E-state index contributed by atoms with van der Waals surface area (Å²) in [5.74, 6) is 1.59. The quantitative estimate of drug-likeness (QED) is 0.815. The predicted octanol–water partition coefficient (Wildman–Crippen LogP) is 2.75. The van der Waals surface area contributed by atoms with Gasteiger partial charge in [-0.25, -0.2) is 4.98 Å². The van der Waals surface area contributed by atoms with Gasteiger partial charge in [-0.05, 0) is 44.5 Å². The van der Waals surface area contributed by atoms with Gasteiger partial charge >= 0.3 is 0 Å². The molecule has 0 aromatic carbocycles. The molecule has 0 bridgehead atoms. The van der Waals surface area contributed by atoms with E-state index in [0.717, 1.165) is 30.2 Å². The first kappa shape index (κ1) is 13.4. The molecule has 0 saturated carbocycles. The fourth-order valence-electron chi connectivity index (χ4n) is 3.75. The maximum atomic E-state index is 6.20. The molecule has 2 aromatic heterocycles. The van der Waals surface area contributed by atoms with E-state index >= 15 is 0 Å². The summed E-state index contributed by atoms with van der Waals surface area (Å²) in [4.78, 5) is 9.89. The average Bonchev–Trinajstić information content (AvgIpc) is 3.24. The summed E-state index contributed by atoms with van der Waals surface area (Å²) in [5.41, 5.74) is 2.11. The zero-order valence-corrected chi connectivity index (χ0v) is 13.0. The molecule has 1 atom stereocenters. The fourth-order valence-corrected chi connectivity index (χ4v) is 4.00. The molecule has 1 unspecified atom stereocenters. The van der Waals surface area contributed by atoms with Crippen LogP contribution in [0.3, 0.4) is 0 Å². The summed E-state index contributed by atoms with van der Waals surface area (Å²) in [7, 11) is 0. The van der Waals surface area contributed by atoms with Gasteiger partial charge in [0.25, 0.3) is 0 Å². The molecule has 4 heterocycles. The molecule has 4 nitrogen and oxygen atoms in total. The van der Waals surface area contributed by atoms with Crippen molar-refractivity contribution in [3.8, 4) is 0 Å². The van der Waals surface area contributed by atoms with Crippen molar-refractivity contribution in [1.82, 2.24) is 14.3 Å². The summed E-state index contributed by atoms with van der Waals surface area (Å²) in [6.45, 7) is 4.72. The molecule has 21 heavy (non-hydrogen) atoms. The molecule has 0 aliphatic carbocycles. The number of anilines is 1. The Morgan fingerprint density at radius 2 is 2.05 bits per heavy atom. The molecular formula is C16H21ClN4. The van der Waals surface area contributed by atoms with Gasteiger partial charge in [0.15, 0.2) is 5.82 Å². The number of nitrogens with zero attached hydrogens (tertiary/aromatic N) is 4. The second-order valence-corrected chi connectivity index (χ2v) is 6.34. The van der Waals surface area contributed by atoms with E-state index in [1.165, 1.54) is 32.4 Å². The Labute approximate surface area is 130 Å². The van der Waals surface area contributed by atoms with Gasteiger partial charge in [0.1, 0.15) is 5.65 Å². The molecule has 0 amide bonds. The number of rotatable bonds is 3. The van der Waals surface area contributed by atoms with Crippen molar-refractivity contribution >= 4 is 23.1 Å². The zero-order valence-electron chi connectivity index (χ0n) is 12.2. The highest BCUT2D eigenvalue weighted by Crippen LogP contribution is 2.29. The third-order valence-corrected chi connectivity index (χ3v) is 5.11. The van der Waals surface area contributed by atoms with Crippen LogP contribution in [0.15, 0.2) is 24.4 Å². The predicted molar refractivity (Wildman–Crippen MR) is 86.2 cm³/mol. The summed E-state index contributed by atoms with van der Waals surface area (Å²) in [5, 5.41) is 0. The standard InChI is InChI=1S/C16H21ClN4/c17-11-14-16(18-15-5-1-2-9-21(14)15)20-10-6-13(12-20)19-7-3-4-8-19/h1-2,5,9,13H,3-4,6-8,10-12H2. The van der Waals surface area contributed by atoms with Gasteiger partial charge in [0, 0.05) is 25.3 Å². The Kier molecular flexibility index (Phi) is 3.51. The molecule has 4 rings (SSSR count). The molecule has 2 aromatic rings. The number of imidazole rings is 1. The van der Waals surface area contributed by atoms with Crippen LogP contribution >= 0.6 is 11.6 Å². The first-order chi connectivity index (χ1) is 10.4. The molecule has 0 radical (unpaired) electrons. The summed E-state index contributed by atoms with van der Waals surface area (Å²) >= 11 is 6.20. The van der Waals surface area contributed by atoms with Crippen LogP contribution in [-0.4, -0.2) is 46.5 Å². The Hall–Kier alpha value is -1.26. The summed E-state index contributed by atoms with van der Waals surface area (Å²) in [6.07, 6.45) is 6.02. The van der Waals surface area contributed by atoms with Gasteiger partial charge in [-0.15, -0.1) is 11.6 Å².